The molecular formula is C43H28O2. The predicted octanol–water partition coefficient (Wildman–Crippen LogP) is 10.1. The molecule has 0 aliphatic heterocycles. The van der Waals surface area contributed by atoms with Gasteiger partial charge >= 0.3 is 0 Å². The van der Waals surface area contributed by atoms with Crippen molar-refractivity contribution in [1.82, 2.24) is 0 Å². The van der Waals surface area contributed by atoms with Crippen molar-refractivity contribution in [2.45, 2.75) is 6.42 Å². The summed E-state index contributed by atoms with van der Waals surface area (Å²) in [5.74, 6) is 0. The van der Waals surface area contributed by atoms with E-state index in [0.29, 0.717) is 0 Å². The summed E-state index contributed by atoms with van der Waals surface area (Å²) < 4.78 is 12.6. The molecule has 2 heteroatoms. The van der Waals surface area contributed by atoms with Gasteiger partial charge in [-0.15, -0.1) is 0 Å². The fourth-order valence-electron chi connectivity index (χ4n) is 6.95. The number of rotatable bonds is 2. The minimum Gasteiger partial charge on any atom is -0.456 e. The van der Waals surface area contributed by atoms with Crippen molar-refractivity contribution >= 4 is 65.8 Å². The molecule has 0 amide bonds. The molecule has 1 aliphatic rings. The van der Waals surface area contributed by atoms with Crippen LogP contribution >= 0.6 is 0 Å². The maximum absolute atomic E-state index is 6.45. The van der Waals surface area contributed by atoms with Gasteiger partial charge in [0, 0.05) is 26.9 Å². The summed E-state index contributed by atoms with van der Waals surface area (Å²) in [7, 11) is 0. The monoisotopic (exact) mass is 576 g/mol. The largest absolute Gasteiger partial charge is 0.456 e. The first-order chi connectivity index (χ1) is 22.2. The van der Waals surface area contributed by atoms with E-state index in [2.05, 4.69) is 140 Å². The van der Waals surface area contributed by atoms with Gasteiger partial charge in [0.1, 0.15) is 22.3 Å². The lowest BCUT2D eigenvalue weighted by molar-refractivity contribution is 0.669. The highest BCUT2D eigenvalue weighted by atomic mass is 16.3. The average molecular weight is 577 g/mol. The summed E-state index contributed by atoms with van der Waals surface area (Å²) in [5, 5.41) is 9.16. The van der Waals surface area contributed by atoms with Gasteiger partial charge < -0.3 is 8.83 Å². The third kappa shape index (κ3) is 4.11. The van der Waals surface area contributed by atoms with Gasteiger partial charge in [-0.1, -0.05) is 116 Å². The number of para-hydroxylation sites is 1. The van der Waals surface area contributed by atoms with Gasteiger partial charge in [0.15, 0.2) is 0 Å². The Morgan fingerprint density at radius 3 is 2.11 bits per heavy atom. The Labute approximate surface area is 259 Å². The minimum absolute atomic E-state index is 0.793. The smallest absolute Gasteiger partial charge is 0.143 e. The molecule has 0 spiro atoms. The normalized spacial score (nSPS) is 17.7. The van der Waals surface area contributed by atoms with Crippen molar-refractivity contribution in [3.63, 3.8) is 0 Å². The molecule has 0 fully saturated rings. The van der Waals surface area contributed by atoms with Crippen LogP contribution in [0.3, 0.4) is 0 Å². The van der Waals surface area contributed by atoms with Gasteiger partial charge in [-0.25, -0.2) is 0 Å². The van der Waals surface area contributed by atoms with Crippen LogP contribution in [0.15, 0.2) is 167 Å². The summed E-state index contributed by atoms with van der Waals surface area (Å²) in [6.07, 6.45) is 9.36. The molecular weight excluding hydrogens is 548 g/mol. The Hall–Kier alpha value is -5.86. The van der Waals surface area contributed by atoms with E-state index in [-0.39, 0.29) is 0 Å². The zero-order chi connectivity index (χ0) is 29.9. The number of furan rings is 2. The van der Waals surface area contributed by atoms with Crippen molar-refractivity contribution in [1.29, 1.82) is 0 Å². The van der Waals surface area contributed by atoms with E-state index in [4.69, 9.17) is 8.83 Å². The van der Waals surface area contributed by atoms with Crippen LogP contribution in [0.5, 0.6) is 0 Å². The molecule has 9 rings (SSSR count). The van der Waals surface area contributed by atoms with Crippen LogP contribution < -0.4 is 10.4 Å². The maximum atomic E-state index is 6.45. The van der Waals surface area contributed by atoms with E-state index in [1.165, 1.54) is 21.7 Å². The second kappa shape index (κ2) is 10.1. The Balaban J connectivity index is 1.35. The molecule has 0 atom stereocenters. The first kappa shape index (κ1) is 25.6. The average Bonchev–Trinajstić information content (AvgIpc) is 3.65. The first-order valence-corrected chi connectivity index (χ1v) is 15.3. The van der Waals surface area contributed by atoms with Gasteiger partial charge in [0.05, 0.1) is 0 Å². The fraction of sp³-hybridized carbons (Fsp3) is 0.0233. The van der Waals surface area contributed by atoms with Gasteiger partial charge in [-0.3, -0.25) is 0 Å². The second-order valence-electron chi connectivity index (χ2n) is 11.7. The minimum atomic E-state index is 0.793. The number of hydrogen-bond donors (Lipinski definition) is 0. The van der Waals surface area contributed by atoms with Crippen LogP contribution in [0.4, 0.5) is 0 Å². The Kier molecular flexibility index (Phi) is 5.76. The summed E-state index contributed by atoms with van der Waals surface area (Å²) in [5.41, 5.74) is 9.26. The van der Waals surface area contributed by atoms with Crippen LogP contribution in [0.25, 0.3) is 65.8 Å². The van der Waals surface area contributed by atoms with Crippen LogP contribution in [-0.2, 0) is 0 Å². The zero-order valence-electron chi connectivity index (χ0n) is 24.6. The second-order valence-corrected chi connectivity index (χ2v) is 11.7. The molecule has 0 saturated heterocycles. The van der Waals surface area contributed by atoms with Crippen LogP contribution in [0.1, 0.15) is 17.5 Å². The summed E-state index contributed by atoms with van der Waals surface area (Å²) in [6, 6.07) is 42.9. The lowest BCUT2D eigenvalue weighted by atomic mass is 9.90. The molecule has 2 heterocycles. The molecule has 0 bridgehead atoms. The Bertz CT molecular complexity index is 2690. The molecule has 45 heavy (non-hydrogen) atoms. The zero-order valence-corrected chi connectivity index (χ0v) is 24.6. The first-order valence-electron chi connectivity index (χ1n) is 15.3. The van der Waals surface area contributed by atoms with E-state index < -0.39 is 0 Å². The van der Waals surface area contributed by atoms with Crippen molar-refractivity contribution in [2.75, 3.05) is 0 Å². The quantitative estimate of drug-likeness (QED) is 0.205. The fourth-order valence-corrected chi connectivity index (χ4v) is 6.95. The third-order valence-electron chi connectivity index (χ3n) is 9.08. The third-order valence-corrected chi connectivity index (χ3v) is 9.08. The Morgan fingerprint density at radius 1 is 0.511 bits per heavy atom. The van der Waals surface area contributed by atoms with Crippen LogP contribution in [0, 0.1) is 0 Å². The van der Waals surface area contributed by atoms with Gasteiger partial charge in [-0.2, -0.15) is 0 Å². The van der Waals surface area contributed by atoms with E-state index in [1.54, 1.807) is 0 Å². The van der Waals surface area contributed by atoms with Crippen molar-refractivity contribution in [3.8, 4) is 0 Å². The van der Waals surface area contributed by atoms with Gasteiger partial charge in [0.2, 0.25) is 0 Å². The molecule has 0 unspecified atom stereocenters. The lowest BCUT2D eigenvalue weighted by Crippen LogP contribution is -2.30. The lowest BCUT2D eigenvalue weighted by Gasteiger charge is -2.13. The molecule has 212 valence electrons. The summed E-state index contributed by atoms with van der Waals surface area (Å²) >= 11 is 0. The molecule has 0 N–H and O–H groups in total. The van der Waals surface area contributed by atoms with Gasteiger partial charge in [-0.05, 0) is 86.5 Å². The summed E-state index contributed by atoms with van der Waals surface area (Å²) in [4.78, 5) is 0. The standard InChI is InChI=1S/C43H28O2/c1-27-11-3-2-4-13-31(29-20-23-40-37(25-29)34-16-9-10-18-39(34)44-40)33-15-7-8-17-35(33)42(27)30-21-24-41-38(26-30)36-22-19-28-12-5-6-14-32(28)43(36)45-41/h2-12,14-26H,1,13H2/b4-2-,11-3-,33-31+,42-35+. The molecule has 2 aromatic heterocycles. The van der Waals surface area contributed by atoms with Crippen molar-refractivity contribution in [3.05, 3.63) is 179 Å². The molecule has 1 aliphatic carbocycles. The van der Waals surface area contributed by atoms with E-state index in [0.717, 1.165) is 77.6 Å². The highest BCUT2D eigenvalue weighted by molar-refractivity contribution is 6.15. The van der Waals surface area contributed by atoms with Crippen LogP contribution in [-0.4, -0.2) is 0 Å². The van der Waals surface area contributed by atoms with E-state index in [1.807, 2.05) is 12.1 Å². The molecule has 2 nitrogen and oxygen atoms in total. The SMILES string of the molecule is C=C1/C=C\C=C/C/C(c2ccc3oc4ccccc4c3c2)=c2/cccc/c2=C/1c1ccc2oc3c4ccccc4ccc3c2c1. The van der Waals surface area contributed by atoms with E-state index in [9.17, 15) is 0 Å². The highest BCUT2D eigenvalue weighted by Gasteiger charge is 2.15. The Morgan fingerprint density at radius 2 is 1.20 bits per heavy atom. The topological polar surface area (TPSA) is 26.3 Å². The summed E-state index contributed by atoms with van der Waals surface area (Å²) in [6.45, 7) is 4.58. The number of fused-ring (bicyclic) bond motifs is 9. The van der Waals surface area contributed by atoms with E-state index >= 15 is 0 Å². The number of benzene rings is 6. The highest BCUT2D eigenvalue weighted by Crippen LogP contribution is 2.36. The predicted molar refractivity (Wildman–Crippen MR) is 188 cm³/mol. The maximum Gasteiger partial charge on any atom is 0.143 e. The van der Waals surface area contributed by atoms with Crippen molar-refractivity contribution in [2.24, 2.45) is 0 Å². The number of allylic oxidation sites excluding steroid dienone is 5. The number of hydrogen-bond acceptors (Lipinski definition) is 2. The molecule has 0 saturated carbocycles. The van der Waals surface area contributed by atoms with Crippen molar-refractivity contribution < 1.29 is 8.83 Å². The van der Waals surface area contributed by atoms with Crippen LogP contribution in [0.2, 0.25) is 0 Å². The van der Waals surface area contributed by atoms with Gasteiger partial charge in [0.25, 0.3) is 0 Å². The molecule has 0 radical (unpaired) electrons. The molecule has 8 aromatic rings. The molecule has 6 aromatic carbocycles.